The van der Waals surface area contributed by atoms with E-state index in [0.717, 1.165) is 0 Å². The molecule has 2 heterocycles. The molecule has 186 valence electrons. The van der Waals surface area contributed by atoms with Gasteiger partial charge in [-0.25, -0.2) is 0 Å². The van der Waals surface area contributed by atoms with Crippen LogP contribution in [0.1, 0.15) is 0 Å². The van der Waals surface area contributed by atoms with Crippen LogP contribution in [-0.2, 0) is 0 Å². The fraction of sp³-hybridized carbons (Fsp3) is 0. The van der Waals surface area contributed by atoms with Crippen molar-refractivity contribution >= 4 is 74.9 Å². The van der Waals surface area contributed by atoms with Gasteiger partial charge >= 0.3 is 0 Å². The van der Waals surface area contributed by atoms with E-state index in [0.29, 0.717) is 0 Å². The molecular weight excluding hydrogens is 502 g/mol. The van der Waals surface area contributed by atoms with Gasteiger partial charge in [-0.1, -0.05) is 109 Å². The lowest BCUT2D eigenvalue weighted by atomic mass is 10.00. The van der Waals surface area contributed by atoms with Crippen LogP contribution in [0.5, 0.6) is 0 Å². The van der Waals surface area contributed by atoms with Crippen LogP contribution in [0.25, 0.3) is 80.3 Å². The highest BCUT2D eigenvalue weighted by atomic mass is 32.1. The summed E-state index contributed by atoms with van der Waals surface area (Å²) in [6.07, 6.45) is 0. The van der Waals surface area contributed by atoms with Gasteiger partial charge in [-0.2, -0.15) is 0 Å². The summed E-state index contributed by atoms with van der Waals surface area (Å²) in [5.74, 6) is 0. The molecule has 0 unspecified atom stereocenters. The zero-order chi connectivity index (χ0) is 26.2. The van der Waals surface area contributed by atoms with Crippen molar-refractivity contribution in [3.05, 3.63) is 140 Å². The van der Waals surface area contributed by atoms with Gasteiger partial charge in [-0.05, 0) is 52.2 Å². The quantitative estimate of drug-likeness (QED) is 0.198. The van der Waals surface area contributed by atoms with E-state index >= 15 is 0 Å². The summed E-state index contributed by atoms with van der Waals surface area (Å²) in [6.45, 7) is 0. The van der Waals surface area contributed by atoms with Gasteiger partial charge in [0.05, 0.1) is 16.7 Å². The van der Waals surface area contributed by atoms with Gasteiger partial charge in [0.25, 0.3) is 0 Å². The van der Waals surface area contributed by atoms with Gasteiger partial charge in [0.2, 0.25) is 0 Å². The second-order valence-corrected chi connectivity index (χ2v) is 11.6. The highest BCUT2D eigenvalue weighted by Crippen LogP contribution is 2.43. The molecule has 0 N–H and O–H groups in total. The summed E-state index contributed by atoms with van der Waals surface area (Å²) in [4.78, 5) is 0. The number of rotatable bonds is 2. The first-order valence-electron chi connectivity index (χ1n) is 13.7. The second kappa shape index (κ2) is 8.29. The Labute approximate surface area is 235 Å². The Hall–Kier alpha value is -4.92. The van der Waals surface area contributed by atoms with Crippen LogP contribution in [-0.4, -0.2) is 4.57 Å². The zero-order valence-electron chi connectivity index (χ0n) is 21.6. The van der Waals surface area contributed by atoms with E-state index in [2.05, 4.69) is 144 Å². The van der Waals surface area contributed by atoms with Gasteiger partial charge in [0.15, 0.2) is 0 Å². The number of benzene rings is 7. The molecule has 0 aliphatic carbocycles. The van der Waals surface area contributed by atoms with Crippen LogP contribution < -0.4 is 0 Å². The Morgan fingerprint density at radius 2 is 1.05 bits per heavy atom. The number of hydrogen-bond donors (Lipinski definition) is 0. The average molecular weight is 526 g/mol. The van der Waals surface area contributed by atoms with Crippen molar-refractivity contribution in [1.29, 1.82) is 0 Å². The number of para-hydroxylation sites is 1. The summed E-state index contributed by atoms with van der Waals surface area (Å²) >= 11 is 1.89. The highest BCUT2D eigenvalue weighted by Gasteiger charge is 2.18. The zero-order valence-corrected chi connectivity index (χ0v) is 22.5. The second-order valence-electron chi connectivity index (χ2n) is 10.5. The van der Waals surface area contributed by atoms with E-state index in [1.807, 2.05) is 11.3 Å². The van der Waals surface area contributed by atoms with Crippen molar-refractivity contribution in [3.63, 3.8) is 0 Å². The predicted octanol–water partition coefficient (Wildman–Crippen LogP) is 11.1. The first-order chi connectivity index (χ1) is 19.8. The minimum Gasteiger partial charge on any atom is -0.308 e. The maximum Gasteiger partial charge on any atom is 0.0618 e. The third-order valence-electron chi connectivity index (χ3n) is 8.35. The summed E-state index contributed by atoms with van der Waals surface area (Å²) in [5.41, 5.74) is 6.27. The number of fused-ring (bicyclic) bond motifs is 8. The van der Waals surface area contributed by atoms with E-state index in [-0.39, 0.29) is 0 Å². The number of thiophene rings is 1. The first-order valence-corrected chi connectivity index (χ1v) is 14.5. The number of nitrogens with zero attached hydrogens (tertiary/aromatic N) is 1. The molecule has 0 aliphatic heterocycles. The normalized spacial score (nSPS) is 12.0. The third-order valence-corrected chi connectivity index (χ3v) is 9.57. The molecule has 0 bridgehead atoms. The van der Waals surface area contributed by atoms with Crippen LogP contribution in [0, 0.1) is 0 Å². The topological polar surface area (TPSA) is 4.93 Å². The molecule has 0 radical (unpaired) electrons. The molecule has 7 aromatic carbocycles. The maximum absolute atomic E-state index is 2.49. The smallest absolute Gasteiger partial charge is 0.0618 e. The fourth-order valence-electron chi connectivity index (χ4n) is 6.59. The maximum atomic E-state index is 2.49. The van der Waals surface area contributed by atoms with Crippen LogP contribution in [0.15, 0.2) is 140 Å². The molecule has 9 rings (SSSR count). The van der Waals surface area contributed by atoms with Gasteiger partial charge < -0.3 is 4.57 Å². The molecule has 9 aromatic rings. The van der Waals surface area contributed by atoms with Gasteiger partial charge in [-0.15, -0.1) is 11.3 Å². The average Bonchev–Trinajstić information content (AvgIpc) is 3.55. The van der Waals surface area contributed by atoms with Crippen LogP contribution in [0.4, 0.5) is 0 Å². The molecule has 2 heteroatoms. The van der Waals surface area contributed by atoms with Crippen LogP contribution >= 0.6 is 11.3 Å². The number of aromatic nitrogens is 1. The minimum atomic E-state index is 1.23. The van der Waals surface area contributed by atoms with E-state index in [9.17, 15) is 0 Å². The first kappa shape index (κ1) is 22.0. The van der Waals surface area contributed by atoms with Crippen molar-refractivity contribution in [1.82, 2.24) is 4.57 Å². The number of hydrogen-bond acceptors (Lipinski definition) is 1. The highest BCUT2D eigenvalue weighted by molar-refractivity contribution is 7.26. The summed E-state index contributed by atoms with van der Waals surface area (Å²) in [6, 6.07) is 51.2. The molecule has 40 heavy (non-hydrogen) atoms. The van der Waals surface area contributed by atoms with Crippen molar-refractivity contribution in [2.45, 2.75) is 0 Å². The Balaban J connectivity index is 1.39. The molecule has 0 saturated carbocycles. The molecule has 0 amide bonds. The SMILES string of the molecule is c1ccc2c(-n3c4ccccc4c4cc(-c5cccc6c5sc5ccccc56)ccc43)c3ccccc3cc2c1. The summed E-state index contributed by atoms with van der Waals surface area (Å²) in [7, 11) is 0. The third kappa shape index (κ3) is 3.03. The molecule has 0 atom stereocenters. The largest absolute Gasteiger partial charge is 0.308 e. The van der Waals surface area contributed by atoms with Gasteiger partial charge in [0.1, 0.15) is 0 Å². The standard InChI is InChI=1S/C38H23NS/c1-3-12-27-24(10-1)22-25-11-2-4-13-28(25)37(27)39-34-18-7-5-14-30(34)33-23-26(20-21-35(33)39)29-16-9-17-32-31-15-6-8-19-36(31)40-38(29)32/h1-23H. The van der Waals surface area contributed by atoms with Crippen molar-refractivity contribution in [2.75, 3.05) is 0 Å². The van der Waals surface area contributed by atoms with Crippen molar-refractivity contribution in [3.8, 4) is 16.8 Å². The molecule has 0 aliphatic rings. The van der Waals surface area contributed by atoms with E-state index < -0.39 is 0 Å². The summed E-state index contributed by atoms with van der Waals surface area (Å²) in [5, 5.41) is 10.3. The lowest BCUT2D eigenvalue weighted by Gasteiger charge is -2.15. The van der Waals surface area contributed by atoms with Gasteiger partial charge in [0, 0.05) is 41.7 Å². The van der Waals surface area contributed by atoms with Crippen molar-refractivity contribution < 1.29 is 0 Å². The van der Waals surface area contributed by atoms with E-state index in [1.54, 1.807) is 0 Å². The summed E-state index contributed by atoms with van der Waals surface area (Å²) < 4.78 is 5.18. The Morgan fingerprint density at radius 3 is 1.85 bits per heavy atom. The Morgan fingerprint density at radius 1 is 0.425 bits per heavy atom. The lowest BCUT2D eigenvalue weighted by molar-refractivity contribution is 1.21. The fourth-order valence-corrected chi connectivity index (χ4v) is 7.82. The minimum absolute atomic E-state index is 1.23. The molecule has 0 saturated heterocycles. The van der Waals surface area contributed by atoms with Crippen LogP contribution in [0.3, 0.4) is 0 Å². The lowest BCUT2D eigenvalue weighted by Crippen LogP contribution is -1.97. The van der Waals surface area contributed by atoms with Crippen LogP contribution in [0.2, 0.25) is 0 Å². The monoisotopic (exact) mass is 525 g/mol. The van der Waals surface area contributed by atoms with E-state index in [4.69, 9.17) is 0 Å². The molecule has 2 aromatic heterocycles. The van der Waals surface area contributed by atoms with Gasteiger partial charge in [-0.3, -0.25) is 0 Å². The molecule has 0 fully saturated rings. The molecule has 1 nitrogen and oxygen atoms in total. The van der Waals surface area contributed by atoms with E-state index in [1.165, 1.54) is 80.3 Å². The Bertz CT molecular complexity index is 2390. The Kier molecular flexibility index (Phi) is 4.55. The predicted molar refractivity (Wildman–Crippen MR) is 174 cm³/mol. The molecular formula is C38H23NS. The molecule has 0 spiro atoms. The van der Waals surface area contributed by atoms with Crippen molar-refractivity contribution in [2.24, 2.45) is 0 Å².